The van der Waals surface area contributed by atoms with Gasteiger partial charge in [0.1, 0.15) is 11.5 Å². The molecule has 4 unspecified atom stereocenters. The van der Waals surface area contributed by atoms with E-state index in [0.29, 0.717) is 12.8 Å². The summed E-state index contributed by atoms with van der Waals surface area (Å²) in [6, 6.07) is -0.754. The Bertz CT molecular complexity index is 1590. The molecule has 1 aliphatic rings. The molecule has 0 heterocycles. The zero-order chi connectivity index (χ0) is 45.3. The number of hydrogen-bond donors (Lipinski definition) is 8. The molecule has 0 spiro atoms. The van der Waals surface area contributed by atoms with Crippen molar-refractivity contribution in [2.75, 3.05) is 23.8 Å². The summed E-state index contributed by atoms with van der Waals surface area (Å²) in [4.78, 5) is 28.2. The molecule has 2 aromatic carbocycles. The zero-order valence-corrected chi connectivity index (χ0v) is 37.4. The molecule has 0 saturated heterocycles. The predicted molar refractivity (Wildman–Crippen MR) is 244 cm³/mol. The lowest BCUT2D eigenvalue weighted by Crippen LogP contribution is -2.39. The van der Waals surface area contributed by atoms with E-state index in [2.05, 4.69) is 24.5 Å². The second-order valence-electron chi connectivity index (χ2n) is 17.0. The van der Waals surface area contributed by atoms with Crippen LogP contribution in [0.2, 0.25) is 0 Å². The molecule has 62 heavy (non-hydrogen) atoms. The van der Waals surface area contributed by atoms with E-state index in [0.717, 1.165) is 63.5 Å². The number of hydrogen-bond acceptors (Lipinski definition) is 10. The maximum atomic E-state index is 16.3. The summed E-state index contributed by atoms with van der Waals surface area (Å²) >= 11 is 0. The molecular formula is C50H76F2N2O8. The molecular weight excluding hydrogens is 795 g/mol. The summed E-state index contributed by atoms with van der Waals surface area (Å²) in [7, 11) is 0. The van der Waals surface area contributed by atoms with Crippen molar-refractivity contribution >= 4 is 22.9 Å². The van der Waals surface area contributed by atoms with Gasteiger partial charge in [-0.3, -0.25) is 9.59 Å². The van der Waals surface area contributed by atoms with Crippen molar-refractivity contribution in [1.29, 1.82) is 0 Å². The average molecular weight is 871 g/mol. The standard InChI is InChI=1S/C50H76F2N2O8/c1-3-5-7-9-11-13-15-17-19-21-23-25-27-29-37(57)35(33-55)53-47-43-44(50(62)42-40(60)32-31-39(59)41(42)49(43)61)48(46(52)45(47)51)54-36(34-56)38(58)30-28-26-24-22-20-18-16-14-12-10-8-6-4-2/h27-32,35-38,53-60H,3-26,33-34H2,1-2H3. The Balaban J connectivity index is 1.73. The Morgan fingerprint density at radius 3 is 1.08 bits per heavy atom. The number of rotatable bonds is 34. The fourth-order valence-electron chi connectivity index (χ4n) is 8.15. The minimum absolute atomic E-state index is 0.639. The summed E-state index contributed by atoms with van der Waals surface area (Å²) in [5.74, 6) is -6.96. The number of aliphatic hydroxyl groups excluding tert-OH is 4. The van der Waals surface area contributed by atoms with Crippen LogP contribution in [0.5, 0.6) is 11.5 Å². The number of carbonyl (C=O) groups is 2. The highest BCUT2D eigenvalue weighted by Crippen LogP contribution is 2.45. The van der Waals surface area contributed by atoms with E-state index in [4.69, 9.17) is 0 Å². The van der Waals surface area contributed by atoms with Gasteiger partial charge in [0, 0.05) is 0 Å². The third-order valence-corrected chi connectivity index (χ3v) is 11.9. The number of fused-ring (bicyclic) bond motifs is 2. The second kappa shape index (κ2) is 29.5. The molecule has 2 aromatic rings. The number of phenolic OH excluding ortho intramolecular Hbond substituents is 2. The molecule has 348 valence electrons. The van der Waals surface area contributed by atoms with E-state index in [1.807, 2.05) is 0 Å². The van der Waals surface area contributed by atoms with E-state index in [9.17, 15) is 40.2 Å². The lowest BCUT2D eigenvalue weighted by molar-refractivity contribution is 0.0973. The Labute approximate surface area is 368 Å². The van der Waals surface area contributed by atoms with Crippen LogP contribution in [0.4, 0.5) is 20.2 Å². The van der Waals surface area contributed by atoms with Gasteiger partial charge in [-0.25, -0.2) is 8.78 Å². The number of nitrogens with one attached hydrogen (secondary N) is 2. The zero-order valence-electron chi connectivity index (χ0n) is 37.4. The molecule has 0 aliphatic heterocycles. The van der Waals surface area contributed by atoms with Crippen molar-refractivity contribution in [3.8, 4) is 11.5 Å². The number of halogens is 2. The lowest BCUT2D eigenvalue weighted by Gasteiger charge is -2.30. The van der Waals surface area contributed by atoms with Gasteiger partial charge < -0.3 is 41.3 Å². The van der Waals surface area contributed by atoms with Crippen molar-refractivity contribution in [3.63, 3.8) is 0 Å². The highest BCUT2D eigenvalue weighted by molar-refractivity contribution is 6.33. The number of allylic oxidation sites excluding steroid dienone is 2. The topological polar surface area (TPSA) is 180 Å². The van der Waals surface area contributed by atoms with Crippen LogP contribution in [-0.2, 0) is 0 Å². The van der Waals surface area contributed by atoms with Gasteiger partial charge in [0.2, 0.25) is 11.6 Å². The molecule has 1 aliphatic carbocycles. The first-order valence-corrected chi connectivity index (χ1v) is 23.7. The summed E-state index contributed by atoms with van der Waals surface area (Å²) in [6.07, 6.45) is 30.8. The molecule has 0 bridgehead atoms. The lowest BCUT2D eigenvalue weighted by atomic mass is 9.80. The van der Waals surface area contributed by atoms with Crippen molar-refractivity contribution in [2.45, 2.75) is 192 Å². The van der Waals surface area contributed by atoms with Crippen LogP contribution in [0.25, 0.3) is 0 Å². The van der Waals surface area contributed by atoms with Crippen molar-refractivity contribution in [3.05, 3.63) is 70.3 Å². The molecule has 10 nitrogen and oxygen atoms in total. The van der Waals surface area contributed by atoms with E-state index in [-0.39, 0.29) is 0 Å². The minimum Gasteiger partial charge on any atom is -0.507 e. The van der Waals surface area contributed by atoms with Crippen LogP contribution < -0.4 is 10.6 Å². The van der Waals surface area contributed by atoms with Crippen LogP contribution in [0.1, 0.15) is 200 Å². The quantitative estimate of drug-likeness (QED) is 0.0164. The number of benzene rings is 2. The van der Waals surface area contributed by atoms with Crippen LogP contribution in [0.15, 0.2) is 36.4 Å². The van der Waals surface area contributed by atoms with Crippen LogP contribution in [0.3, 0.4) is 0 Å². The minimum atomic E-state index is -1.65. The van der Waals surface area contributed by atoms with Gasteiger partial charge in [0.25, 0.3) is 0 Å². The third kappa shape index (κ3) is 16.1. The van der Waals surface area contributed by atoms with Gasteiger partial charge in [-0.15, -0.1) is 0 Å². The van der Waals surface area contributed by atoms with Gasteiger partial charge >= 0.3 is 0 Å². The number of aliphatic hydroxyl groups is 4. The summed E-state index contributed by atoms with van der Waals surface area (Å²) in [5, 5.41) is 69.0. The molecule has 3 rings (SSSR count). The Morgan fingerprint density at radius 2 is 0.790 bits per heavy atom. The molecule has 0 amide bonds. The number of unbranched alkanes of at least 4 members (excludes halogenated alkanes) is 22. The van der Waals surface area contributed by atoms with E-state index < -0.39 is 106 Å². The van der Waals surface area contributed by atoms with Gasteiger partial charge in [-0.2, -0.15) is 0 Å². The fourth-order valence-corrected chi connectivity index (χ4v) is 8.15. The molecule has 0 saturated carbocycles. The summed E-state index contributed by atoms with van der Waals surface area (Å²) < 4.78 is 32.6. The highest BCUT2D eigenvalue weighted by Gasteiger charge is 2.42. The normalized spacial score (nSPS) is 14.6. The number of aromatic hydroxyl groups is 2. The maximum absolute atomic E-state index is 16.3. The van der Waals surface area contributed by atoms with Crippen molar-refractivity contribution in [2.24, 2.45) is 0 Å². The molecule has 12 heteroatoms. The number of carbonyl (C=O) groups excluding carboxylic acids is 2. The Hall–Kier alpha value is -3.84. The maximum Gasteiger partial charge on any atom is 0.200 e. The van der Waals surface area contributed by atoms with Crippen molar-refractivity contribution in [1.82, 2.24) is 0 Å². The Morgan fingerprint density at radius 1 is 0.500 bits per heavy atom. The number of ketones is 2. The third-order valence-electron chi connectivity index (χ3n) is 11.9. The van der Waals surface area contributed by atoms with E-state index in [1.54, 1.807) is 12.2 Å². The first-order chi connectivity index (χ1) is 30.0. The first kappa shape index (κ1) is 52.5. The summed E-state index contributed by atoms with van der Waals surface area (Å²) in [6.45, 7) is 2.86. The van der Waals surface area contributed by atoms with Crippen LogP contribution >= 0.6 is 0 Å². The molecule has 4 atom stereocenters. The largest absolute Gasteiger partial charge is 0.507 e. The van der Waals surface area contributed by atoms with Gasteiger partial charge in [-0.05, 0) is 37.8 Å². The van der Waals surface area contributed by atoms with Crippen LogP contribution in [0, 0.1) is 11.6 Å². The van der Waals surface area contributed by atoms with Crippen molar-refractivity contribution < 1.29 is 49.0 Å². The smallest absolute Gasteiger partial charge is 0.200 e. The van der Waals surface area contributed by atoms with Crippen LogP contribution in [-0.4, -0.2) is 79.7 Å². The molecule has 0 fully saturated rings. The van der Waals surface area contributed by atoms with E-state index in [1.165, 1.54) is 102 Å². The number of phenols is 2. The highest BCUT2D eigenvalue weighted by atomic mass is 19.2. The van der Waals surface area contributed by atoms with Gasteiger partial charge in [0.05, 0.1) is 71.1 Å². The molecule has 0 radical (unpaired) electrons. The van der Waals surface area contributed by atoms with E-state index >= 15 is 8.78 Å². The van der Waals surface area contributed by atoms with Gasteiger partial charge in [0.15, 0.2) is 11.6 Å². The monoisotopic (exact) mass is 871 g/mol. The van der Waals surface area contributed by atoms with Gasteiger partial charge in [-0.1, -0.05) is 167 Å². The SMILES string of the molecule is CCCCCCCCCCCCCC=CC(O)C(CO)Nc1c(F)c(F)c(NC(CO)C(O)C=CCCCCCCCCCCCCC)c2c1C(=O)c1c(O)ccc(O)c1C2=O. The predicted octanol–water partition coefficient (Wildman–Crippen LogP) is 10.9. The molecule has 0 aromatic heterocycles. The average Bonchev–Trinajstić information content (AvgIpc) is 3.26. The first-order valence-electron chi connectivity index (χ1n) is 23.7. The fraction of sp³-hybridized carbons (Fsp3) is 0.640. The Kier molecular flexibility index (Phi) is 25.0. The molecule has 8 N–H and O–H groups in total. The second-order valence-corrected chi connectivity index (χ2v) is 17.0. The summed E-state index contributed by atoms with van der Waals surface area (Å²) in [5.41, 5.74) is -4.42. The number of anilines is 2.